The van der Waals surface area contributed by atoms with Crippen molar-refractivity contribution in [3.05, 3.63) is 78.4 Å². The van der Waals surface area contributed by atoms with E-state index in [0.717, 1.165) is 17.5 Å². The predicted octanol–water partition coefficient (Wildman–Crippen LogP) is 5.14. The number of aliphatic carboxylic acids is 1. The molecule has 0 aliphatic heterocycles. The van der Waals surface area contributed by atoms with Crippen molar-refractivity contribution in [3.63, 3.8) is 0 Å². The number of carbonyl (C=O) groups is 3. The van der Waals surface area contributed by atoms with Crippen molar-refractivity contribution >= 4 is 29.2 Å². The summed E-state index contributed by atoms with van der Waals surface area (Å²) in [5.41, 5.74) is 3.43. The van der Waals surface area contributed by atoms with Crippen LogP contribution >= 0.6 is 0 Å². The summed E-state index contributed by atoms with van der Waals surface area (Å²) in [6.45, 7) is 0. The van der Waals surface area contributed by atoms with Crippen LogP contribution in [0.3, 0.4) is 0 Å². The third kappa shape index (κ3) is 5.61. The largest absolute Gasteiger partial charge is 0.508 e. The number of anilines is 2. The summed E-state index contributed by atoms with van der Waals surface area (Å²) in [6, 6.07) is 20.9. The van der Waals surface area contributed by atoms with E-state index in [-0.39, 0.29) is 23.5 Å². The van der Waals surface area contributed by atoms with Gasteiger partial charge in [-0.1, -0.05) is 36.8 Å². The fraction of sp³-hybridized carbons (Fsp3) is 0.222. The first kappa shape index (κ1) is 23.0. The molecular formula is C27H26N2O5. The van der Waals surface area contributed by atoms with Crippen LogP contribution in [0.25, 0.3) is 11.1 Å². The quantitative estimate of drug-likeness (QED) is 0.408. The van der Waals surface area contributed by atoms with Crippen molar-refractivity contribution in [2.75, 3.05) is 10.6 Å². The highest BCUT2D eigenvalue weighted by atomic mass is 16.4. The van der Waals surface area contributed by atoms with E-state index in [0.29, 0.717) is 36.2 Å². The summed E-state index contributed by atoms with van der Waals surface area (Å²) in [5.74, 6) is -1.94. The highest BCUT2D eigenvalue weighted by Crippen LogP contribution is 2.30. The molecule has 2 unspecified atom stereocenters. The first-order valence-electron chi connectivity index (χ1n) is 11.2. The van der Waals surface area contributed by atoms with Gasteiger partial charge in [-0.3, -0.25) is 14.4 Å². The number of carboxylic acids is 1. The topological polar surface area (TPSA) is 116 Å². The number of carboxylic acid groups (broad SMARTS) is 1. The molecule has 174 valence electrons. The van der Waals surface area contributed by atoms with E-state index in [2.05, 4.69) is 10.6 Å². The van der Waals surface area contributed by atoms with Gasteiger partial charge in [0.1, 0.15) is 5.75 Å². The maximum Gasteiger partial charge on any atom is 0.306 e. The van der Waals surface area contributed by atoms with Crippen molar-refractivity contribution < 1.29 is 24.6 Å². The maximum absolute atomic E-state index is 12.7. The molecule has 2 atom stereocenters. The maximum atomic E-state index is 12.7. The van der Waals surface area contributed by atoms with Crippen LogP contribution in [0.2, 0.25) is 0 Å². The second kappa shape index (κ2) is 10.2. The van der Waals surface area contributed by atoms with E-state index in [9.17, 15) is 24.6 Å². The number of rotatable bonds is 6. The number of aromatic hydroxyl groups is 1. The lowest BCUT2D eigenvalue weighted by molar-refractivity contribution is -0.143. The number of hydrogen-bond donors (Lipinski definition) is 4. The average molecular weight is 459 g/mol. The fourth-order valence-corrected chi connectivity index (χ4v) is 4.24. The Morgan fingerprint density at radius 2 is 1.35 bits per heavy atom. The Balaban J connectivity index is 1.38. The van der Waals surface area contributed by atoms with Gasteiger partial charge < -0.3 is 20.8 Å². The van der Waals surface area contributed by atoms with Crippen LogP contribution in [-0.4, -0.2) is 28.0 Å². The number of benzene rings is 3. The number of amides is 2. The van der Waals surface area contributed by atoms with Gasteiger partial charge in [-0.2, -0.15) is 0 Å². The van der Waals surface area contributed by atoms with E-state index in [1.54, 1.807) is 60.7 Å². The Labute approximate surface area is 197 Å². The minimum Gasteiger partial charge on any atom is -0.508 e. The summed E-state index contributed by atoms with van der Waals surface area (Å²) in [4.78, 5) is 36.6. The molecule has 0 aromatic heterocycles. The Bertz CT molecular complexity index is 1190. The van der Waals surface area contributed by atoms with Gasteiger partial charge in [0.2, 0.25) is 5.91 Å². The number of phenols is 1. The van der Waals surface area contributed by atoms with E-state index in [1.165, 1.54) is 0 Å². The zero-order valence-corrected chi connectivity index (χ0v) is 18.5. The SMILES string of the molecule is O=C(Nc1cccc(NC(=O)C2CCCC(C(=O)O)C2)c1)c1ccc(-c2ccc(O)cc2)cc1. The Morgan fingerprint density at radius 1 is 0.765 bits per heavy atom. The van der Waals surface area contributed by atoms with Crippen LogP contribution in [0.5, 0.6) is 5.75 Å². The van der Waals surface area contributed by atoms with Gasteiger partial charge in [0.15, 0.2) is 0 Å². The first-order chi connectivity index (χ1) is 16.4. The van der Waals surface area contributed by atoms with Crippen molar-refractivity contribution in [2.24, 2.45) is 11.8 Å². The van der Waals surface area contributed by atoms with Gasteiger partial charge in [-0.05, 0) is 72.9 Å². The lowest BCUT2D eigenvalue weighted by Gasteiger charge is -2.25. The molecular weight excluding hydrogens is 432 g/mol. The molecule has 7 nitrogen and oxygen atoms in total. The number of carbonyl (C=O) groups excluding carboxylic acids is 2. The lowest BCUT2D eigenvalue weighted by atomic mass is 9.81. The lowest BCUT2D eigenvalue weighted by Crippen LogP contribution is -2.30. The van der Waals surface area contributed by atoms with Crippen LogP contribution in [0, 0.1) is 11.8 Å². The van der Waals surface area contributed by atoms with E-state index < -0.39 is 11.9 Å². The van der Waals surface area contributed by atoms with Crippen molar-refractivity contribution in [2.45, 2.75) is 25.7 Å². The van der Waals surface area contributed by atoms with Crippen LogP contribution in [0.1, 0.15) is 36.0 Å². The highest BCUT2D eigenvalue weighted by Gasteiger charge is 2.31. The molecule has 0 radical (unpaired) electrons. The molecule has 0 spiro atoms. The second-order valence-electron chi connectivity index (χ2n) is 8.55. The van der Waals surface area contributed by atoms with Crippen molar-refractivity contribution in [3.8, 4) is 16.9 Å². The standard InChI is InChI=1S/C27H26N2O5/c30-24-13-11-18(12-14-24)17-7-9-19(10-8-17)25(31)28-22-5-2-6-23(16-22)29-26(32)20-3-1-4-21(15-20)27(33)34/h2,5-14,16,20-21,30H,1,3-4,15H2,(H,28,31)(H,29,32)(H,33,34). The van der Waals surface area contributed by atoms with Gasteiger partial charge in [-0.15, -0.1) is 0 Å². The minimum atomic E-state index is -0.849. The van der Waals surface area contributed by atoms with Crippen LogP contribution < -0.4 is 10.6 Å². The summed E-state index contributed by atoms with van der Waals surface area (Å²) in [6.07, 6.45) is 2.34. The Hall–Kier alpha value is -4.13. The molecule has 7 heteroatoms. The van der Waals surface area contributed by atoms with E-state index in [1.807, 2.05) is 12.1 Å². The molecule has 1 fully saturated rings. The number of phenolic OH excluding ortho intramolecular Hbond substituents is 1. The zero-order valence-electron chi connectivity index (χ0n) is 18.5. The summed E-state index contributed by atoms with van der Waals surface area (Å²) < 4.78 is 0. The molecule has 0 saturated heterocycles. The van der Waals surface area contributed by atoms with Crippen molar-refractivity contribution in [1.29, 1.82) is 0 Å². The molecule has 0 bridgehead atoms. The Morgan fingerprint density at radius 3 is 2.00 bits per heavy atom. The molecule has 34 heavy (non-hydrogen) atoms. The predicted molar refractivity (Wildman–Crippen MR) is 130 cm³/mol. The van der Waals surface area contributed by atoms with E-state index >= 15 is 0 Å². The summed E-state index contributed by atoms with van der Waals surface area (Å²) in [5, 5.41) is 24.4. The van der Waals surface area contributed by atoms with Crippen LogP contribution in [-0.2, 0) is 9.59 Å². The average Bonchev–Trinajstić information content (AvgIpc) is 2.85. The molecule has 1 aliphatic carbocycles. The molecule has 0 heterocycles. The summed E-state index contributed by atoms with van der Waals surface area (Å²) >= 11 is 0. The molecule has 4 N–H and O–H groups in total. The van der Waals surface area contributed by atoms with E-state index in [4.69, 9.17) is 0 Å². The third-order valence-electron chi connectivity index (χ3n) is 6.13. The number of nitrogens with one attached hydrogen (secondary N) is 2. The van der Waals surface area contributed by atoms with Crippen LogP contribution in [0.15, 0.2) is 72.8 Å². The van der Waals surface area contributed by atoms with Gasteiger partial charge in [0, 0.05) is 22.9 Å². The zero-order chi connectivity index (χ0) is 24.1. The second-order valence-corrected chi connectivity index (χ2v) is 8.55. The monoisotopic (exact) mass is 458 g/mol. The van der Waals surface area contributed by atoms with Gasteiger partial charge in [-0.25, -0.2) is 0 Å². The molecule has 1 saturated carbocycles. The van der Waals surface area contributed by atoms with Crippen LogP contribution in [0.4, 0.5) is 11.4 Å². The van der Waals surface area contributed by atoms with Gasteiger partial charge >= 0.3 is 5.97 Å². The molecule has 1 aliphatic rings. The Kier molecular flexibility index (Phi) is 6.92. The van der Waals surface area contributed by atoms with Gasteiger partial charge in [0.05, 0.1) is 5.92 Å². The third-order valence-corrected chi connectivity index (χ3v) is 6.13. The smallest absolute Gasteiger partial charge is 0.306 e. The number of hydrogen-bond acceptors (Lipinski definition) is 4. The molecule has 3 aromatic carbocycles. The van der Waals surface area contributed by atoms with Gasteiger partial charge in [0.25, 0.3) is 5.91 Å². The normalized spacial score (nSPS) is 17.5. The molecule has 4 rings (SSSR count). The summed E-state index contributed by atoms with van der Waals surface area (Å²) in [7, 11) is 0. The molecule has 2 amide bonds. The fourth-order valence-electron chi connectivity index (χ4n) is 4.24. The minimum absolute atomic E-state index is 0.195. The highest BCUT2D eigenvalue weighted by molar-refractivity contribution is 6.05. The van der Waals surface area contributed by atoms with Crippen molar-refractivity contribution in [1.82, 2.24) is 0 Å². The molecule has 3 aromatic rings. The first-order valence-corrected chi connectivity index (χ1v) is 11.2.